The topological polar surface area (TPSA) is 20.3 Å². The Morgan fingerprint density at radius 3 is 2.75 bits per heavy atom. The van der Waals surface area contributed by atoms with Gasteiger partial charge in [0.2, 0.25) is 0 Å². The minimum absolute atomic E-state index is 0.0219. The molecule has 0 saturated carbocycles. The molecule has 0 spiro atoms. The molecule has 0 radical (unpaired) electrons. The normalized spacial score (nSPS) is 10.0. The third kappa shape index (κ3) is 3.59. The molecule has 0 fully saturated rings. The zero-order valence-corrected chi connectivity index (χ0v) is 13.0. The molecular formula is C12H13BrINO. The van der Waals surface area contributed by atoms with Crippen LogP contribution >= 0.6 is 38.5 Å². The van der Waals surface area contributed by atoms with Crippen LogP contribution in [0.4, 0.5) is 0 Å². The maximum atomic E-state index is 12.1. The number of nitrogens with zero attached hydrogens (tertiary/aromatic N) is 1. The van der Waals surface area contributed by atoms with Gasteiger partial charge in [0.05, 0.1) is 5.56 Å². The first-order valence-electron chi connectivity index (χ1n) is 4.76. The third-order valence-electron chi connectivity index (χ3n) is 2.01. The largest absolute Gasteiger partial charge is 0.338 e. The first-order chi connectivity index (χ1) is 7.41. The Hall–Kier alpha value is -0.360. The Morgan fingerprint density at radius 2 is 2.19 bits per heavy atom. The third-order valence-corrected chi connectivity index (χ3v) is 3.45. The highest BCUT2D eigenvalue weighted by Gasteiger charge is 2.14. The molecule has 4 heteroatoms. The summed E-state index contributed by atoms with van der Waals surface area (Å²) in [7, 11) is 1.79. The predicted octanol–water partition coefficient (Wildman–Crippen LogP) is 3.70. The first-order valence-corrected chi connectivity index (χ1v) is 6.64. The van der Waals surface area contributed by atoms with Crippen LogP contribution in [0.25, 0.3) is 0 Å². The van der Waals surface area contributed by atoms with E-state index in [0.29, 0.717) is 6.54 Å². The zero-order chi connectivity index (χ0) is 12.3. The van der Waals surface area contributed by atoms with Gasteiger partial charge in [-0.15, -0.1) is 0 Å². The Morgan fingerprint density at radius 1 is 1.56 bits per heavy atom. The number of carbonyl (C=O) groups is 1. The standard InChI is InChI=1S/C12H13BrINO/c1-8(2)7-15(3)12(16)10-6-9(13)4-5-11(10)14/h4-6H,1,7H2,2-3H3. The summed E-state index contributed by atoms with van der Waals surface area (Å²) >= 11 is 5.54. The van der Waals surface area contributed by atoms with Crippen molar-refractivity contribution in [1.29, 1.82) is 0 Å². The monoisotopic (exact) mass is 393 g/mol. The summed E-state index contributed by atoms with van der Waals surface area (Å²) in [6, 6.07) is 5.70. The van der Waals surface area contributed by atoms with E-state index in [1.54, 1.807) is 11.9 Å². The number of hydrogen-bond donors (Lipinski definition) is 0. The highest BCUT2D eigenvalue weighted by Crippen LogP contribution is 2.19. The summed E-state index contributed by atoms with van der Waals surface area (Å²) < 4.78 is 1.87. The fourth-order valence-corrected chi connectivity index (χ4v) is 2.27. The molecule has 0 aliphatic rings. The summed E-state index contributed by atoms with van der Waals surface area (Å²) in [6.07, 6.45) is 0. The average molecular weight is 394 g/mol. The van der Waals surface area contributed by atoms with Gasteiger partial charge in [-0.25, -0.2) is 0 Å². The van der Waals surface area contributed by atoms with Gasteiger partial charge in [-0.1, -0.05) is 28.1 Å². The molecule has 0 aliphatic carbocycles. The van der Waals surface area contributed by atoms with Gasteiger partial charge in [0.1, 0.15) is 0 Å². The van der Waals surface area contributed by atoms with Crippen molar-refractivity contribution in [3.05, 3.63) is 44.0 Å². The van der Waals surface area contributed by atoms with Gasteiger partial charge in [0.15, 0.2) is 0 Å². The summed E-state index contributed by atoms with van der Waals surface area (Å²) in [5, 5.41) is 0. The van der Waals surface area contributed by atoms with E-state index in [0.717, 1.165) is 19.2 Å². The number of carbonyl (C=O) groups excluding carboxylic acids is 1. The van der Waals surface area contributed by atoms with E-state index >= 15 is 0 Å². The van der Waals surface area contributed by atoms with Crippen LogP contribution in [0, 0.1) is 3.57 Å². The molecular weight excluding hydrogens is 381 g/mol. The van der Waals surface area contributed by atoms with Crippen LogP contribution in [0.1, 0.15) is 17.3 Å². The van der Waals surface area contributed by atoms with E-state index in [1.807, 2.05) is 25.1 Å². The quantitative estimate of drug-likeness (QED) is 0.566. The van der Waals surface area contributed by atoms with E-state index in [9.17, 15) is 4.79 Å². The summed E-state index contributed by atoms with van der Waals surface area (Å²) in [4.78, 5) is 13.8. The van der Waals surface area contributed by atoms with E-state index in [4.69, 9.17) is 0 Å². The van der Waals surface area contributed by atoms with Gasteiger partial charge in [-0.05, 0) is 47.7 Å². The average Bonchev–Trinajstić information content (AvgIpc) is 2.19. The van der Waals surface area contributed by atoms with Crippen LogP contribution in [0.2, 0.25) is 0 Å². The second-order valence-corrected chi connectivity index (χ2v) is 5.82. The van der Waals surface area contributed by atoms with Crippen molar-refractivity contribution < 1.29 is 4.79 Å². The molecule has 0 heterocycles. The number of halogens is 2. The number of hydrogen-bond acceptors (Lipinski definition) is 1. The van der Waals surface area contributed by atoms with Crippen LogP contribution in [0.5, 0.6) is 0 Å². The van der Waals surface area contributed by atoms with Crippen LogP contribution in [-0.4, -0.2) is 24.4 Å². The van der Waals surface area contributed by atoms with Gasteiger partial charge in [-0.2, -0.15) is 0 Å². The number of amides is 1. The van der Waals surface area contributed by atoms with Crippen molar-refractivity contribution in [2.45, 2.75) is 6.92 Å². The summed E-state index contributed by atoms with van der Waals surface area (Å²) in [6.45, 7) is 6.30. The molecule has 1 amide bonds. The molecule has 0 bridgehead atoms. The smallest absolute Gasteiger partial charge is 0.254 e. The van der Waals surface area contributed by atoms with Crippen molar-refractivity contribution >= 4 is 44.4 Å². The Labute approximate surface area is 118 Å². The zero-order valence-electron chi connectivity index (χ0n) is 9.26. The lowest BCUT2D eigenvalue weighted by atomic mass is 10.2. The van der Waals surface area contributed by atoms with Crippen LogP contribution in [-0.2, 0) is 0 Å². The van der Waals surface area contributed by atoms with Crippen LogP contribution < -0.4 is 0 Å². The van der Waals surface area contributed by atoms with E-state index in [1.165, 1.54) is 0 Å². The first kappa shape index (κ1) is 13.7. The van der Waals surface area contributed by atoms with Crippen molar-refractivity contribution in [3.8, 4) is 0 Å². The second kappa shape index (κ2) is 5.82. The van der Waals surface area contributed by atoms with E-state index < -0.39 is 0 Å². The van der Waals surface area contributed by atoms with Gasteiger partial charge < -0.3 is 4.90 Å². The Kier molecular flexibility index (Phi) is 4.98. The number of benzene rings is 1. The molecule has 2 nitrogen and oxygen atoms in total. The lowest BCUT2D eigenvalue weighted by molar-refractivity contribution is 0.0806. The molecule has 86 valence electrons. The number of likely N-dealkylation sites (N-methyl/N-ethyl adjacent to an activating group) is 1. The molecule has 16 heavy (non-hydrogen) atoms. The predicted molar refractivity (Wildman–Crippen MR) is 78.6 cm³/mol. The highest BCUT2D eigenvalue weighted by atomic mass is 127. The van der Waals surface area contributed by atoms with E-state index in [2.05, 4.69) is 45.1 Å². The molecule has 0 atom stereocenters. The molecule has 0 aromatic heterocycles. The molecule has 0 saturated heterocycles. The Balaban J connectivity index is 2.95. The molecule has 0 aliphatic heterocycles. The summed E-state index contributed by atoms with van der Waals surface area (Å²) in [5.74, 6) is 0.0219. The SMILES string of the molecule is C=C(C)CN(C)C(=O)c1cc(Br)ccc1I. The van der Waals surface area contributed by atoms with Crippen molar-refractivity contribution in [2.24, 2.45) is 0 Å². The van der Waals surface area contributed by atoms with Crippen LogP contribution in [0.3, 0.4) is 0 Å². The van der Waals surface area contributed by atoms with Gasteiger partial charge in [-0.3, -0.25) is 4.79 Å². The fourth-order valence-electron chi connectivity index (χ4n) is 1.34. The van der Waals surface area contributed by atoms with E-state index in [-0.39, 0.29) is 5.91 Å². The molecule has 1 aromatic carbocycles. The van der Waals surface area contributed by atoms with Gasteiger partial charge in [0, 0.05) is 21.6 Å². The molecule has 0 N–H and O–H groups in total. The lowest BCUT2D eigenvalue weighted by Gasteiger charge is -2.18. The maximum absolute atomic E-state index is 12.1. The van der Waals surface area contributed by atoms with Crippen molar-refractivity contribution in [3.63, 3.8) is 0 Å². The summed E-state index contributed by atoms with van der Waals surface area (Å²) in [5.41, 5.74) is 1.69. The fraction of sp³-hybridized carbons (Fsp3) is 0.250. The van der Waals surface area contributed by atoms with Crippen molar-refractivity contribution in [1.82, 2.24) is 4.90 Å². The van der Waals surface area contributed by atoms with Gasteiger partial charge in [0.25, 0.3) is 5.91 Å². The Bertz CT molecular complexity index is 431. The molecule has 1 rings (SSSR count). The molecule has 1 aromatic rings. The minimum Gasteiger partial charge on any atom is -0.338 e. The van der Waals surface area contributed by atoms with Crippen LogP contribution in [0.15, 0.2) is 34.8 Å². The lowest BCUT2D eigenvalue weighted by Crippen LogP contribution is -2.28. The van der Waals surface area contributed by atoms with Gasteiger partial charge >= 0.3 is 0 Å². The maximum Gasteiger partial charge on any atom is 0.254 e. The minimum atomic E-state index is 0.0219. The number of rotatable bonds is 3. The highest BCUT2D eigenvalue weighted by molar-refractivity contribution is 14.1. The van der Waals surface area contributed by atoms with Crippen molar-refractivity contribution in [2.75, 3.05) is 13.6 Å². The second-order valence-electron chi connectivity index (χ2n) is 3.74. The molecule has 0 unspecified atom stereocenters.